The number of nitro benzene ring substituents is 1. The Labute approximate surface area is 120 Å². The minimum absolute atomic E-state index is 0.0875. The molecule has 2 rings (SSSR count). The molecule has 0 atom stereocenters. The Kier molecular flexibility index (Phi) is 4.13. The Balaban J connectivity index is 2.24. The molecule has 0 aliphatic rings. The van der Waals surface area contributed by atoms with Crippen molar-refractivity contribution in [2.75, 3.05) is 12.4 Å². The molecule has 1 N–H and O–H groups in total. The number of ether oxygens (including phenoxy) is 1. The summed E-state index contributed by atoms with van der Waals surface area (Å²) in [5, 5.41) is 13.5. The summed E-state index contributed by atoms with van der Waals surface area (Å²) in [6, 6.07) is 7.62. The largest absolute Gasteiger partial charge is 0.481 e. The summed E-state index contributed by atoms with van der Waals surface area (Å²) >= 11 is 0. The van der Waals surface area contributed by atoms with Gasteiger partial charge in [0, 0.05) is 23.3 Å². The molecule has 7 heteroatoms. The zero-order chi connectivity index (χ0) is 15.4. The van der Waals surface area contributed by atoms with Gasteiger partial charge in [-0.2, -0.15) is 0 Å². The number of pyridine rings is 1. The number of benzene rings is 1. The van der Waals surface area contributed by atoms with E-state index in [4.69, 9.17) is 4.74 Å². The van der Waals surface area contributed by atoms with Gasteiger partial charge in [0.05, 0.1) is 23.9 Å². The van der Waals surface area contributed by atoms with Crippen molar-refractivity contribution in [3.63, 3.8) is 0 Å². The van der Waals surface area contributed by atoms with Crippen LogP contribution >= 0.6 is 0 Å². The highest BCUT2D eigenvalue weighted by Crippen LogP contribution is 2.22. The van der Waals surface area contributed by atoms with Crippen molar-refractivity contribution in [2.24, 2.45) is 0 Å². The number of carbonyl (C=O) groups excluding carboxylic acids is 1. The minimum Gasteiger partial charge on any atom is -0.481 e. The van der Waals surface area contributed by atoms with Gasteiger partial charge in [0.2, 0.25) is 5.88 Å². The van der Waals surface area contributed by atoms with E-state index in [1.807, 2.05) is 0 Å². The summed E-state index contributed by atoms with van der Waals surface area (Å²) in [6.45, 7) is 1.54. The van der Waals surface area contributed by atoms with Gasteiger partial charge in [-0.15, -0.1) is 0 Å². The lowest BCUT2D eigenvalue weighted by atomic mass is 10.1. The molecule has 108 valence electrons. The van der Waals surface area contributed by atoms with Gasteiger partial charge in [0.1, 0.15) is 0 Å². The van der Waals surface area contributed by atoms with Gasteiger partial charge in [0.25, 0.3) is 11.6 Å². The Morgan fingerprint density at radius 2 is 2.10 bits per heavy atom. The Morgan fingerprint density at radius 1 is 1.33 bits per heavy atom. The van der Waals surface area contributed by atoms with Crippen LogP contribution in [0.5, 0.6) is 5.88 Å². The molecule has 0 saturated heterocycles. The second kappa shape index (κ2) is 6.00. The molecule has 2 aromatic rings. The zero-order valence-electron chi connectivity index (χ0n) is 11.5. The van der Waals surface area contributed by atoms with Crippen LogP contribution in [-0.2, 0) is 0 Å². The van der Waals surface area contributed by atoms with Gasteiger partial charge in [-0.05, 0) is 19.1 Å². The molecule has 21 heavy (non-hydrogen) atoms. The average molecular weight is 287 g/mol. The Morgan fingerprint density at radius 3 is 2.67 bits per heavy atom. The highest BCUT2D eigenvalue weighted by molar-refractivity contribution is 6.05. The molecule has 1 amide bonds. The molecule has 0 aliphatic carbocycles. The van der Waals surface area contributed by atoms with Crippen LogP contribution in [0.25, 0.3) is 0 Å². The van der Waals surface area contributed by atoms with E-state index in [9.17, 15) is 14.9 Å². The molecular weight excluding hydrogens is 274 g/mol. The highest BCUT2D eigenvalue weighted by Gasteiger charge is 2.17. The third kappa shape index (κ3) is 3.14. The molecule has 1 aromatic heterocycles. The normalized spacial score (nSPS) is 10.0. The van der Waals surface area contributed by atoms with Gasteiger partial charge in [-0.1, -0.05) is 6.07 Å². The summed E-state index contributed by atoms with van der Waals surface area (Å²) in [6.07, 6.45) is 1.45. The van der Waals surface area contributed by atoms with Gasteiger partial charge >= 0.3 is 0 Å². The van der Waals surface area contributed by atoms with Crippen LogP contribution in [0.2, 0.25) is 0 Å². The van der Waals surface area contributed by atoms with Crippen LogP contribution in [0.15, 0.2) is 36.5 Å². The number of hydrogen-bond donors (Lipinski definition) is 1. The topological polar surface area (TPSA) is 94.4 Å². The van der Waals surface area contributed by atoms with Crippen LogP contribution in [0.4, 0.5) is 11.4 Å². The van der Waals surface area contributed by atoms with E-state index in [0.29, 0.717) is 17.1 Å². The molecule has 0 saturated carbocycles. The maximum absolute atomic E-state index is 12.2. The van der Waals surface area contributed by atoms with E-state index in [2.05, 4.69) is 10.3 Å². The van der Waals surface area contributed by atoms with Crippen molar-refractivity contribution in [1.29, 1.82) is 0 Å². The van der Waals surface area contributed by atoms with E-state index >= 15 is 0 Å². The van der Waals surface area contributed by atoms with Crippen LogP contribution in [0.1, 0.15) is 15.9 Å². The van der Waals surface area contributed by atoms with E-state index in [-0.39, 0.29) is 11.3 Å². The second-order valence-corrected chi connectivity index (χ2v) is 4.25. The maximum atomic E-state index is 12.2. The maximum Gasteiger partial charge on any atom is 0.273 e. The van der Waals surface area contributed by atoms with E-state index < -0.39 is 10.8 Å². The number of hydrogen-bond acceptors (Lipinski definition) is 5. The fourth-order valence-electron chi connectivity index (χ4n) is 1.84. The molecule has 0 spiro atoms. The monoisotopic (exact) mass is 287 g/mol. The summed E-state index contributed by atoms with van der Waals surface area (Å²) in [5.41, 5.74) is 0.962. The number of amides is 1. The van der Waals surface area contributed by atoms with Gasteiger partial charge < -0.3 is 10.1 Å². The van der Waals surface area contributed by atoms with E-state index in [1.54, 1.807) is 19.1 Å². The lowest BCUT2D eigenvalue weighted by Gasteiger charge is -2.08. The molecule has 0 unspecified atom stereocenters. The molecule has 0 radical (unpaired) electrons. The third-order valence-electron chi connectivity index (χ3n) is 2.95. The first-order valence-electron chi connectivity index (χ1n) is 6.08. The zero-order valence-corrected chi connectivity index (χ0v) is 11.5. The molecular formula is C14H13N3O4. The SMILES string of the molecule is COc1ccc(NC(=O)c2cccc([N+](=O)[O-])c2C)cn1. The predicted octanol–water partition coefficient (Wildman–Crippen LogP) is 2.56. The quantitative estimate of drug-likeness (QED) is 0.688. The number of methoxy groups -OCH3 is 1. The van der Waals surface area contributed by atoms with E-state index in [0.717, 1.165) is 0 Å². The average Bonchev–Trinajstić information content (AvgIpc) is 2.47. The molecule has 1 heterocycles. The predicted molar refractivity (Wildman–Crippen MR) is 76.6 cm³/mol. The first-order chi connectivity index (χ1) is 10.0. The van der Waals surface area contributed by atoms with Gasteiger partial charge in [-0.25, -0.2) is 4.98 Å². The van der Waals surface area contributed by atoms with Crippen LogP contribution < -0.4 is 10.1 Å². The van der Waals surface area contributed by atoms with Crippen molar-refractivity contribution in [3.8, 4) is 5.88 Å². The Hall–Kier alpha value is -2.96. The standard InChI is InChI=1S/C14H13N3O4/c1-9-11(4-3-5-12(9)17(19)20)14(18)16-10-6-7-13(21-2)15-8-10/h3-8H,1-2H3,(H,16,18). The number of nitrogens with one attached hydrogen (secondary N) is 1. The number of anilines is 1. The number of carbonyl (C=O) groups is 1. The summed E-state index contributed by atoms with van der Waals surface area (Å²) < 4.78 is 4.92. The number of rotatable bonds is 4. The van der Waals surface area contributed by atoms with Gasteiger partial charge in [0.15, 0.2) is 0 Å². The number of nitro groups is 1. The third-order valence-corrected chi connectivity index (χ3v) is 2.95. The lowest BCUT2D eigenvalue weighted by molar-refractivity contribution is -0.385. The fourth-order valence-corrected chi connectivity index (χ4v) is 1.84. The van der Waals surface area contributed by atoms with Crippen molar-refractivity contribution in [1.82, 2.24) is 4.98 Å². The molecule has 0 aliphatic heterocycles. The number of aromatic nitrogens is 1. The lowest BCUT2D eigenvalue weighted by Crippen LogP contribution is -2.14. The van der Waals surface area contributed by atoms with Crippen LogP contribution in [-0.4, -0.2) is 22.9 Å². The fraction of sp³-hybridized carbons (Fsp3) is 0.143. The minimum atomic E-state index is -0.513. The van der Waals surface area contributed by atoms with Crippen molar-refractivity contribution >= 4 is 17.3 Å². The molecule has 7 nitrogen and oxygen atoms in total. The van der Waals surface area contributed by atoms with Gasteiger partial charge in [-0.3, -0.25) is 14.9 Å². The second-order valence-electron chi connectivity index (χ2n) is 4.25. The molecule has 0 fully saturated rings. The van der Waals surface area contributed by atoms with Crippen molar-refractivity contribution in [3.05, 3.63) is 57.8 Å². The highest BCUT2D eigenvalue weighted by atomic mass is 16.6. The van der Waals surface area contributed by atoms with E-state index in [1.165, 1.54) is 31.5 Å². The first kappa shape index (κ1) is 14.4. The molecule has 0 bridgehead atoms. The summed E-state index contributed by atoms with van der Waals surface area (Å²) in [5.74, 6) is 0.00250. The Bertz CT molecular complexity index is 683. The molecule has 1 aromatic carbocycles. The van der Waals surface area contributed by atoms with Crippen LogP contribution in [0.3, 0.4) is 0 Å². The first-order valence-corrected chi connectivity index (χ1v) is 6.08. The van der Waals surface area contributed by atoms with Crippen molar-refractivity contribution in [2.45, 2.75) is 6.92 Å². The summed E-state index contributed by atoms with van der Waals surface area (Å²) in [4.78, 5) is 26.5. The summed E-state index contributed by atoms with van der Waals surface area (Å²) in [7, 11) is 1.49. The smallest absolute Gasteiger partial charge is 0.273 e. The van der Waals surface area contributed by atoms with Crippen molar-refractivity contribution < 1.29 is 14.5 Å². The van der Waals surface area contributed by atoms with Crippen LogP contribution in [0, 0.1) is 17.0 Å². The number of nitrogens with zero attached hydrogens (tertiary/aromatic N) is 2.